The Morgan fingerprint density at radius 3 is 1.37 bits per heavy atom. The van der Waals surface area contributed by atoms with E-state index >= 15 is 0 Å². The van der Waals surface area contributed by atoms with Crippen molar-refractivity contribution in [2.45, 2.75) is 306 Å². The Morgan fingerprint density at radius 1 is 0.457 bits per heavy atom. The number of ether oxygens (including phenoxy) is 5. The van der Waals surface area contributed by atoms with Crippen molar-refractivity contribution in [3.63, 3.8) is 0 Å². The number of hydrogen-bond donors (Lipinski definition) is 11. The van der Waals surface area contributed by atoms with Crippen LogP contribution in [0.5, 0.6) is 0 Å². The molecule has 1 heterocycles. The number of amides is 7. The predicted molar refractivity (Wildman–Crippen MR) is 458 cm³/mol. The normalized spacial score (nSPS) is 12.6. The maximum atomic E-state index is 13.4. The molecule has 7 amide bonds. The zero-order chi connectivity index (χ0) is 86.7. The first kappa shape index (κ1) is 109. The molecule has 0 aliphatic heterocycles. The largest absolute Gasteiger partial charge is 0.377 e. The summed E-state index contributed by atoms with van der Waals surface area (Å²) in [5, 5.41) is 17.0. The van der Waals surface area contributed by atoms with Crippen molar-refractivity contribution < 1.29 is 84.1 Å². The Bertz CT molecular complexity index is 2920. The molecule has 30 nitrogen and oxygen atoms in total. The Labute approximate surface area is 697 Å². The molecule has 672 valence electrons. The van der Waals surface area contributed by atoms with E-state index in [1.165, 1.54) is 103 Å². The van der Waals surface area contributed by atoms with Crippen LogP contribution in [-0.4, -0.2) is 205 Å². The minimum Gasteiger partial charge on any atom is -0.377 e. The quantitative estimate of drug-likeness (QED) is 0.0164. The summed E-state index contributed by atoms with van der Waals surface area (Å²) in [6.45, 7) is 20.5. The number of aromatic nitrogens is 2. The van der Waals surface area contributed by atoms with Gasteiger partial charge >= 0.3 is 0 Å². The van der Waals surface area contributed by atoms with E-state index in [1.807, 2.05) is 0 Å². The van der Waals surface area contributed by atoms with E-state index in [0.29, 0.717) is 104 Å². The fourth-order valence-electron chi connectivity index (χ4n) is 12.6. The Balaban J connectivity index is -0.00000259. The average molecular weight is 1650 g/mol. The highest BCUT2D eigenvalue weighted by molar-refractivity contribution is 5.98. The fourth-order valence-corrected chi connectivity index (χ4v) is 12.6. The van der Waals surface area contributed by atoms with Crippen molar-refractivity contribution in [2.75, 3.05) is 112 Å². The van der Waals surface area contributed by atoms with Gasteiger partial charge in [-0.1, -0.05) is 178 Å². The molecule has 15 N–H and O–H groups in total. The number of hydrogen-bond acceptors (Lipinski definition) is 20. The molecular weight excluding hydrogens is 1490 g/mol. The number of carbonyl (C=O) groups is 12. The molecule has 0 spiro atoms. The number of imidazole rings is 1. The van der Waals surface area contributed by atoms with Gasteiger partial charge in [0.1, 0.15) is 37.2 Å². The summed E-state index contributed by atoms with van der Waals surface area (Å²) in [7, 11) is 1.51. The topological polar surface area (TPSA) is 468 Å². The first-order valence-electron chi connectivity index (χ1n) is 43.5. The van der Waals surface area contributed by atoms with Crippen molar-refractivity contribution in [1.82, 2.24) is 41.9 Å². The molecule has 116 heavy (non-hydrogen) atoms. The van der Waals surface area contributed by atoms with Gasteiger partial charge in [0.25, 0.3) is 0 Å². The van der Waals surface area contributed by atoms with Crippen LogP contribution in [0.2, 0.25) is 0 Å². The lowest BCUT2D eigenvalue weighted by atomic mass is 9.69. The van der Waals surface area contributed by atoms with Crippen LogP contribution in [0, 0.1) is 34.0 Å². The van der Waals surface area contributed by atoms with E-state index in [2.05, 4.69) is 60.7 Å². The third-order valence-electron chi connectivity index (χ3n) is 20.5. The Hall–Kier alpha value is -7.12. The molecule has 30 heteroatoms. The molecule has 0 saturated carbocycles. The number of nitrogens with two attached hydrogens (primary N) is 4. The molecule has 4 atom stereocenters. The van der Waals surface area contributed by atoms with E-state index in [9.17, 15) is 57.5 Å². The van der Waals surface area contributed by atoms with Gasteiger partial charge in [0.05, 0.1) is 52.0 Å². The van der Waals surface area contributed by atoms with Gasteiger partial charge in [0, 0.05) is 153 Å². The van der Waals surface area contributed by atoms with Gasteiger partial charge in [0.2, 0.25) is 41.4 Å². The number of nitrogens with zero attached hydrogens (tertiary/aromatic N) is 2. The fraction of sp³-hybridized carbons (Fsp3) is 0.814. The number of H-pyrrole nitrogens is 1. The van der Waals surface area contributed by atoms with Crippen LogP contribution in [0.15, 0.2) is 17.5 Å². The lowest BCUT2D eigenvalue weighted by molar-refractivity contribution is -0.141. The number of rotatable bonds is 77. The van der Waals surface area contributed by atoms with Crippen LogP contribution in [0.3, 0.4) is 0 Å². The number of Topliss-reactive ketones (excluding diaryl/α,β-unsaturated/α-hetero) is 5. The van der Waals surface area contributed by atoms with Gasteiger partial charge in [-0.15, -0.1) is 0 Å². The molecule has 1 rings (SSSR count). The third kappa shape index (κ3) is 60.4. The monoisotopic (exact) mass is 1650 g/mol. The van der Waals surface area contributed by atoms with Crippen LogP contribution in [0.25, 0.3) is 0 Å². The minimum atomic E-state index is -1.06. The van der Waals surface area contributed by atoms with Gasteiger partial charge in [-0.2, -0.15) is 0 Å². The van der Waals surface area contributed by atoms with E-state index in [-0.39, 0.29) is 176 Å². The minimum absolute atomic E-state index is 0. The van der Waals surface area contributed by atoms with Crippen molar-refractivity contribution in [1.29, 1.82) is 0 Å². The molecule has 1 aromatic rings. The number of guanidine groups is 1. The third-order valence-corrected chi connectivity index (χ3v) is 20.5. The van der Waals surface area contributed by atoms with Gasteiger partial charge in [-0.25, -0.2) is 4.98 Å². The first-order valence-corrected chi connectivity index (χ1v) is 43.5. The summed E-state index contributed by atoms with van der Waals surface area (Å²) in [5.41, 5.74) is 19.6. The maximum Gasteiger partial charge on any atom is 0.245 e. The number of carbonyl (C=O) groups excluding carboxylic acids is 12. The number of aliphatic imine (C=N–C) groups is 1. The summed E-state index contributed by atoms with van der Waals surface area (Å²) in [5.74, 6) is -3.71. The van der Waals surface area contributed by atoms with E-state index < -0.39 is 34.1 Å². The molecule has 0 aliphatic carbocycles. The lowest BCUT2D eigenvalue weighted by Gasteiger charge is -2.32. The summed E-state index contributed by atoms with van der Waals surface area (Å²) in [6, 6.07) is -0.783. The molecular formula is C86H161N13O17. The maximum absolute atomic E-state index is 13.4. The molecule has 0 saturated heterocycles. The molecule has 0 fully saturated rings. The van der Waals surface area contributed by atoms with E-state index in [4.69, 9.17) is 46.6 Å². The molecule has 0 bridgehead atoms. The summed E-state index contributed by atoms with van der Waals surface area (Å²) < 4.78 is 27.6. The Kier molecular flexibility index (Phi) is 64.5. The average Bonchev–Trinajstić information content (AvgIpc) is 0.843. The van der Waals surface area contributed by atoms with Gasteiger partial charge < -0.3 is 83.5 Å². The van der Waals surface area contributed by atoms with Gasteiger partial charge in [-0.05, 0) is 70.6 Å². The van der Waals surface area contributed by atoms with Crippen molar-refractivity contribution in [2.24, 2.45) is 61.9 Å². The summed E-state index contributed by atoms with van der Waals surface area (Å²) in [6.07, 6.45) is 33.4. The summed E-state index contributed by atoms with van der Waals surface area (Å²) in [4.78, 5) is 162. The van der Waals surface area contributed by atoms with Gasteiger partial charge in [0.15, 0.2) is 17.5 Å². The van der Waals surface area contributed by atoms with Gasteiger partial charge in [-0.3, -0.25) is 62.5 Å². The molecule has 0 aromatic carbocycles. The number of primary amides is 1. The number of unbranched alkanes of at least 4 members (excludes halogenated alkanes) is 20. The van der Waals surface area contributed by atoms with E-state index in [0.717, 1.165) is 63.5 Å². The van der Waals surface area contributed by atoms with E-state index in [1.54, 1.807) is 54.7 Å². The highest BCUT2D eigenvalue weighted by Gasteiger charge is 2.42. The van der Waals surface area contributed by atoms with Crippen LogP contribution in [0.1, 0.15) is 302 Å². The number of aromatic amines is 1. The second-order valence-corrected chi connectivity index (χ2v) is 32.8. The number of ketones is 5. The first-order chi connectivity index (χ1) is 55.3. The highest BCUT2D eigenvalue weighted by atomic mass is 16.5. The molecule has 1 aromatic heterocycles. The van der Waals surface area contributed by atoms with Crippen molar-refractivity contribution in [3.05, 3.63) is 18.2 Å². The van der Waals surface area contributed by atoms with Crippen molar-refractivity contribution >= 4 is 76.2 Å². The molecule has 0 aliphatic rings. The number of nitrogens with one attached hydrogen (secondary N) is 7. The standard InChI is InChI=1S/C57H108N6O12.C29H49N7O5.2H2/c1-4-6-8-10-12-14-16-18-21-31-52(65)59-33-25-20-28-38-73-46-51(64)45-50(57(70)63-37-40-72-42-44-75-47-54(67)60-34-26-23-29-49(3)56(58)69)30-24-27-35-61-55(68)48-74-43-41-71-39-36-62-53(66)32-22-19-17-15-13-11-9-7-5-2;1-27(2,13-21(37)20(30)12-19-16-34-17-36-19)23(39)15-29(5,6)24(40)14-28(3,4)22(38)11-18(25(41)33-7)9-8-10-35-26(31)32;;/h49-50H,4-48H2,1-3H3,(H2,58,69)(H,59,65)(H,60,67)(H,61,68)(H,62,66)(H,63,70);16-18,20H,8-15,30H2,1-7H3,(H,33,41)(H,34,36)(H4,31,32,35);2*1H/t49-,50+;18-,20+;;/m01../s1. The van der Waals surface area contributed by atoms with Crippen LogP contribution in [0.4, 0.5) is 0 Å². The second-order valence-electron chi connectivity index (χ2n) is 32.8. The summed E-state index contributed by atoms with van der Waals surface area (Å²) >= 11 is 0. The smallest absolute Gasteiger partial charge is 0.245 e. The van der Waals surface area contributed by atoms with Crippen LogP contribution in [-0.2, 0) is 87.6 Å². The zero-order valence-electron chi connectivity index (χ0n) is 73.1. The van der Waals surface area contributed by atoms with Crippen LogP contribution >= 0.6 is 0 Å². The Morgan fingerprint density at radius 2 is 0.879 bits per heavy atom. The lowest BCUT2D eigenvalue weighted by Crippen LogP contribution is -2.41. The van der Waals surface area contributed by atoms with Crippen LogP contribution < -0.4 is 54.8 Å². The predicted octanol–water partition coefficient (Wildman–Crippen LogP) is 9.80. The zero-order valence-corrected chi connectivity index (χ0v) is 73.1. The second kappa shape index (κ2) is 68.8. The molecule has 0 unspecified atom stereocenters. The van der Waals surface area contributed by atoms with Crippen molar-refractivity contribution in [3.8, 4) is 0 Å². The molecule has 0 radical (unpaired) electrons. The SMILES string of the molecule is CCCCCCCCCCCC(=O)NCCCCCOCC(=O)C[C@@H](CCCCNC(=O)COCCOCCNC(=O)CCCCCCCCCCC)C(=O)NCCOCCOCC(=O)NCCCC[C@H](C)C(N)=O.CNC(=O)[C@H](CCCN=C(N)N)CC(=O)C(C)(C)CC(=O)C(C)(C)CC(=O)C(C)(C)CC(=O)[C@@H](N)Cc1cnc[nH]1.[HH].[HH]. The highest BCUT2D eigenvalue weighted by Crippen LogP contribution is 2.37.